The monoisotopic (exact) mass is 224 g/mol. The van der Waals surface area contributed by atoms with Gasteiger partial charge in [0.25, 0.3) is 5.69 Å². The first-order chi connectivity index (χ1) is 7.27. The maximum Gasteiger partial charge on any atom is 0.282 e. The van der Waals surface area contributed by atoms with Crippen molar-refractivity contribution in [2.24, 2.45) is 0 Å². The number of nitrogens with one attached hydrogen (secondary N) is 1. The minimum atomic E-state index is -0.315. The highest BCUT2D eigenvalue weighted by molar-refractivity contribution is 8.00. The predicted molar refractivity (Wildman–Crippen MR) is 60.2 cm³/mol. The highest BCUT2D eigenvalue weighted by atomic mass is 32.2. The van der Waals surface area contributed by atoms with Gasteiger partial charge in [0.05, 0.1) is 9.82 Å². The molecule has 1 fully saturated rings. The molecule has 5 heteroatoms. The molecule has 0 spiro atoms. The second-order valence-corrected chi connectivity index (χ2v) is 4.80. The van der Waals surface area contributed by atoms with Crippen molar-refractivity contribution >= 4 is 17.4 Å². The summed E-state index contributed by atoms with van der Waals surface area (Å²) >= 11 is 1.60. The van der Waals surface area contributed by atoms with Crippen LogP contribution in [0.5, 0.6) is 0 Å². The molecule has 0 radical (unpaired) electrons. The van der Waals surface area contributed by atoms with E-state index in [0.717, 1.165) is 24.4 Å². The van der Waals surface area contributed by atoms with Crippen molar-refractivity contribution in [1.82, 2.24) is 5.32 Å². The number of nitro groups is 1. The van der Waals surface area contributed by atoms with Crippen molar-refractivity contribution in [3.05, 3.63) is 34.4 Å². The van der Waals surface area contributed by atoms with Crippen LogP contribution in [0.15, 0.2) is 29.2 Å². The van der Waals surface area contributed by atoms with Gasteiger partial charge in [0, 0.05) is 17.9 Å². The summed E-state index contributed by atoms with van der Waals surface area (Å²) in [5, 5.41) is 14.5. The van der Waals surface area contributed by atoms with Gasteiger partial charge in [-0.3, -0.25) is 10.1 Å². The molecule has 1 aliphatic heterocycles. The molecule has 0 aromatic heterocycles. The Bertz CT molecular complexity index is 364. The third kappa shape index (κ3) is 2.49. The molecule has 1 aliphatic rings. The van der Waals surface area contributed by atoms with E-state index < -0.39 is 0 Å². The van der Waals surface area contributed by atoms with Crippen LogP contribution in [-0.2, 0) is 0 Å². The molecule has 1 aromatic rings. The Hall–Kier alpha value is -1.07. The molecule has 0 bridgehead atoms. The van der Waals surface area contributed by atoms with Gasteiger partial charge in [-0.05, 0) is 19.0 Å². The number of hydrogen-bond donors (Lipinski definition) is 1. The van der Waals surface area contributed by atoms with Crippen LogP contribution in [0.2, 0.25) is 0 Å². The molecule has 15 heavy (non-hydrogen) atoms. The number of nitrogens with zero attached hydrogens (tertiary/aromatic N) is 1. The summed E-state index contributed by atoms with van der Waals surface area (Å²) in [6.07, 6.45) is 1.08. The fourth-order valence-electron chi connectivity index (χ4n) is 1.62. The molecule has 1 saturated heterocycles. The molecule has 1 atom stereocenters. The average molecular weight is 224 g/mol. The summed E-state index contributed by atoms with van der Waals surface area (Å²) < 4.78 is 0. The lowest BCUT2D eigenvalue weighted by molar-refractivity contribution is -0.387. The van der Waals surface area contributed by atoms with Crippen molar-refractivity contribution in [3.63, 3.8) is 0 Å². The minimum absolute atomic E-state index is 0.217. The molecule has 4 nitrogen and oxygen atoms in total. The maximum atomic E-state index is 10.8. The summed E-state index contributed by atoms with van der Waals surface area (Å²) in [5.74, 6) is 0. The van der Waals surface area contributed by atoms with Crippen LogP contribution in [0.3, 0.4) is 0 Å². The lowest BCUT2D eigenvalue weighted by Gasteiger charge is -2.07. The molecule has 0 aliphatic carbocycles. The van der Waals surface area contributed by atoms with E-state index in [1.807, 2.05) is 12.1 Å². The lowest BCUT2D eigenvalue weighted by atomic mass is 10.3. The fraction of sp³-hybridized carbons (Fsp3) is 0.400. The van der Waals surface area contributed by atoms with Crippen molar-refractivity contribution in [2.75, 3.05) is 13.1 Å². The van der Waals surface area contributed by atoms with Crippen LogP contribution in [-0.4, -0.2) is 23.3 Å². The van der Waals surface area contributed by atoms with Gasteiger partial charge in [0.2, 0.25) is 0 Å². The van der Waals surface area contributed by atoms with E-state index in [-0.39, 0.29) is 10.6 Å². The van der Waals surface area contributed by atoms with Gasteiger partial charge in [0.1, 0.15) is 0 Å². The SMILES string of the molecule is O=[N+]([O-])c1ccccc1SC1CCNC1. The van der Waals surface area contributed by atoms with Gasteiger partial charge in [-0.2, -0.15) is 0 Å². The van der Waals surface area contributed by atoms with E-state index >= 15 is 0 Å². The summed E-state index contributed by atoms with van der Waals surface area (Å²) in [6, 6.07) is 6.93. The van der Waals surface area contributed by atoms with E-state index in [2.05, 4.69) is 5.32 Å². The zero-order chi connectivity index (χ0) is 10.7. The number of thioether (sulfide) groups is 1. The van der Waals surface area contributed by atoms with Crippen LogP contribution in [0.25, 0.3) is 0 Å². The number of benzene rings is 1. The average Bonchev–Trinajstić information content (AvgIpc) is 2.71. The normalized spacial score (nSPS) is 20.4. The first-order valence-corrected chi connectivity index (χ1v) is 5.76. The number of hydrogen-bond acceptors (Lipinski definition) is 4. The standard InChI is InChI=1S/C10H12N2O2S/c13-12(14)9-3-1-2-4-10(9)15-8-5-6-11-7-8/h1-4,8,11H,5-7H2. The third-order valence-electron chi connectivity index (χ3n) is 2.37. The first kappa shape index (κ1) is 10.4. The van der Waals surface area contributed by atoms with E-state index in [0.29, 0.717) is 5.25 Å². The minimum Gasteiger partial charge on any atom is -0.316 e. The molecule has 1 unspecified atom stereocenters. The Morgan fingerprint density at radius 1 is 1.47 bits per heavy atom. The first-order valence-electron chi connectivity index (χ1n) is 4.88. The van der Waals surface area contributed by atoms with Gasteiger partial charge in [-0.25, -0.2) is 0 Å². The molecule has 2 rings (SSSR count). The van der Waals surface area contributed by atoms with Crippen LogP contribution in [0.4, 0.5) is 5.69 Å². The highest BCUT2D eigenvalue weighted by Gasteiger charge is 2.20. The molecular formula is C10H12N2O2S. The highest BCUT2D eigenvalue weighted by Crippen LogP contribution is 2.33. The van der Waals surface area contributed by atoms with Gasteiger partial charge < -0.3 is 5.32 Å². The van der Waals surface area contributed by atoms with Gasteiger partial charge in [-0.1, -0.05) is 12.1 Å². The van der Waals surface area contributed by atoms with Crippen LogP contribution in [0, 0.1) is 10.1 Å². The Morgan fingerprint density at radius 3 is 2.93 bits per heavy atom. The summed E-state index contributed by atoms with van der Waals surface area (Å²) in [6.45, 7) is 1.95. The zero-order valence-electron chi connectivity index (χ0n) is 8.18. The number of rotatable bonds is 3. The maximum absolute atomic E-state index is 10.8. The van der Waals surface area contributed by atoms with E-state index in [9.17, 15) is 10.1 Å². The summed E-state index contributed by atoms with van der Waals surface area (Å²) in [7, 11) is 0. The number of nitro benzene ring substituents is 1. The summed E-state index contributed by atoms with van der Waals surface area (Å²) in [4.78, 5) is 11.2. The summed E-state index contributed by atoms with van der Waals surface area (Å²) in [5.41, 5.74) is 0.217. The van der Waals surface area contributed by atoms with E-state index in [1.165, 1.54) is 0 Å². The van der Waals surface area contributed by atoms with Gasteiger partial charge >= 0.3 is 0 Å². The Morgan fingerprint density at radius 2 is 2.27 bits per heavy atom. The molecule has 0 saturated carbocycles. The van der Waals surface area contributed by atoms with Gasteiger partial charge in [0.15, 0.2) is 0 Å². The lowest BCUT2D eigenvalue weighted by Crippen LogP contribution is -2.10. The quantitative estimate of drug-likeness (QED) is 0.630. The second kappa shape index (κ2) is 4.63. The molecule has 0 amide bonds. The fourth-order valence-corrected chi connectivity index (χ4v) is 2.83. The Labute approximate surface area is 92.2 Å². The zero-order valence-corrected chi connectivity index (χ0v) is 9.00. The molecular weight excluding hydrogens is 212 g/mol. The third-order valence-corrected chi connectivity index (χ3v) is 3.71. The smallest absolute Gasteiger partial charge is 0.282 e. The molecule has 1 N–H and O–H groups in total. The topological polar surface area (TPSA) is 55.2 Å². The van der Waals surface area contributed by atoms with Crippen LogP contribution >= 0.6 is 11.8 Å². The molecule has 80 valence electrons. The van der Waals surface area contributed by atoms with E-state index in [1.54, 1.807) is 23.9 Å². The molecule has 1 aromatic carbocycles. The van der Waals surface area contributed by atoms with E-state index in [4.69, 9.17) is 0 Å². The number of para-hydroxylation sites is 1. The van der Waals surface area contributed by atoms with Crippen LogP contribution < -0.4 is 5.32 Å². The van der Waals surface area contributed by atoms with Crippen molar-refractivity contribution in [1.29, 1.82) is 0 Å². The Balaban J connectivity index is 2.15. The largest absolute Gasteiger partial charge is 0.316 e. The van der Waals surface area contributed by atoms with Crippen molar-refractivity contribution < 1.29 is 4.92 Å². The van der Waals surface area contributed by atoms with Crippen molar-refractivity contribution in [3.8, 4) is 0 Å². The second-order valence-electron chi connectivity index (χ2n) is 3.46. The Kier molecular flexibility index (Phi) is 3.23. The van der Waals surface area contributed by atoms with Crippen molar-refractivity contribution in [2.45, 2.75) is 16.6 Å². The molecule has 1 heterocycles. The van der Waals surface area contributed by atoms with Crippen LogP contribution in [0.1, 0.15) is 6.42 Å². The van der Waals surface area contributed by atoms with Gasteiger partial charge in [-0.15, -0.1) is 11.8 Å². The predicted octanol–water partition coefficient (Wildman–Crippen LogP) is 2.05.